The Hall–Kier alpha value is -0.800. The predicted octanol–water partition coefficient (Wildman–Crippen LogP) is 4.99. The molecule has 0 bridgehead atoms. The van der Waals surface area contributed by atoms with Crippen molar-refractivity contribution in [2.75, 3.05) is 5.32 Å². The lowest BCUT2D eigenvalue weighted by molar-refractivity contribution is 0.905. The van der Waals surface area contributed by atoms with Gasteiger partial charge in [0.1, 0.15) is 0 Å². The molecule has 0 aliphatic rings. The molecule has 0 fully saturated rings. The molecular weight excluding hydrogens is 282 g/mol. The molecule has 2 rings (SSSR count). The second kappa shape index (κ2) is 5.02. The van der Waals surface area contributed by atoms with Crippen molar-refractivity contribution in [3.8, 4) is 0 Å². The van der Waals surface area contributed by atoms with Gasteiger partial charge in [0.05, 0.1) is 6.04 Å². The predicted molar refractivity (Wildman–Crippen MR) is 75.2 cm³/mol. The Morgan fingerprint density at radius 3 is 2.75 bits per heavy atom. The van der Waals surface area contributed by atoms with Gasteiger partial charge in [0, 0.05) is 15.0 Å². The van der Waals surface area contributed by atoms with Gasteiger partial charge in [-0.3, -0.25) is 0 Å². The highest BCUT2D eigenvalue weighted by Gasteiger charge is 2.07. The van der Waals surface area contributed by atoms with Gasteiger partial charge >= 0.3 is 0 Å². The summed E-state index contributed by atoms with van der Waals surface area (Å²) < 4.78 is 1.12. The number of benzene rings is 1. The first-order valence-electron chi connectivity index (χ1n) is 5.23. The van der Waals surface area contributed by atoms with Crippen molar-refractivity contribution in [3.63, 3.8) is 0 Å². The van der Waals surface area contributed by atoms with E-state index >= 15 is 0 Å². The summed E-state index contributed by atoms with van der Waals surface area (Å²) in [5.41, 5.74) is 2.46. The molecule has 2 aromatic rings. The van der Waals surface area contributed by atoms with Crippen LogP contribution in [0.25, 0.3) is 0 Å². The molecule has 0 saturated heterocycles. The van der Waals surface area contributed by atoms with Crippen LogP contribution >= 0.6 is 27.3 Å². The van der Waals surface area contributed by atoms with E-state index in [9.17, 15) is 0 Å². The van der Waals surface area contributed by atoms with E-state index in [1.807, 2.05) is 0 Å². The van der Waals surface area contributed by atoms with Crippen LogP contribution in [-0.4, -0.2) is 0 Å². The summed E-state index contributed by atoms with van der Waals surface area (Å²) in [4.78, 5) is 1.36. The third-order valence-electron chi connectivity index (χ3n) is 2.53. The number of hydrogen-bond donors (Lipinski definition) is 1. The Balaban J connectivity index is 2.15. The maximum atomic E-state index is 3.53. The monoisotopic (exact) mass is 295 g/mol. The molecule has 0 amide bonds. The van der Waals surface area contributed by atoms with E-state index < -0.39 is 0 Å². The van der Waals surface area contributed by atoms with Crippen LogP contribution in [0.3, 0.4) is 0 Å². The Morgan fingerprint density at radius 2 is 2.12 bits per heavy atom. The Bertz CT molecular complexity index is 465. The molecule has 1 aromatic heterocycles. The first-order valence-corrected chi connectivity index (χ1v) is 6.90. The van der Waals surface area contributed by atoms with Gasteiger partial charge in [-0.05, 0) is 49.1 Å². The molecule has 1 N–H and O–H groups in total. The van der Waals surface area contributed by atoms with Gasteiger partial charge in [-0.2, -0.15) is 0 Å². The summed E-state index contributed by atoms with van der Waals surface area (Å²) in [6.07, 6.45) is 0. The molecule has 1 aromatic carbocycles. The molecular formula is C13H14BrNS. The van der Waals surface area contributed by atoms with Gasteiger partial charge in [-0.15, -0.1) is 11.3 Å². The van der Waals surface area contributed by atoms with Crippen LogP contribution in [0.2, 0.25) is 0 Å². The minimum absolute atomic E-state index is 0.361. The fourth-order valence-corrected chi connectivity index (χ4v) is 2.84. The standard InChI is InChI=1S/C13H14BrNS/c1-9-8-11(14)5-6-12(9)15-10(2)13-4-3-7-16-13/h3-8,10,15H,1-2H3. The fourth-order valence-electron chi connectivity index (χ4n) is 1.63. The summed E-state index contributed by atoms with van der Waals surface area (Å²) in [5, 5.41) is 5.64. The molecule has 0 aliphatic heterocycles. The lowest BCUT2D eigenvalue weighted by atomic mass is 10.2. The van der Waals surface area contributed by atoms with Crippen LogP contribution in [0.4, 0.5) is 5.69 Å². The Labute approximate surface area is 109 Å². The van der Waals surface area contributed by atoms with Crippen molar-refractivity contribution in [2.24, 2.45) is 0 Å². The third kappa shape index (κ3) is 2.66. The van der Waals surface area contributed by atoms with Crippen LogP contribution in [0.15, 0.2) is 40.2 Å². The normalized spacial score (nSPS) is 12.4. The molecule has 1 unspecified atom stereocenters. The Morgan fingerprint density at radius 1 is 1.31 bits per heavy atom. The zero-order chi connectivity index (χ0) is 11.5. The molecule has 1 atom stereocenters. The summed E-state index contributed by atoms with van der Waals surface area (Å²) >= 11 is 5.26. The average Bonchev–Trinajstić information content (AvgIpc) is 2.75. The summed E-state index contributed by atoms with van der Waals surface area (Å²) in [6, 6.07) is 10.9. The number of nitrogens with one attached hydrogen (secondary N) is 1. The van der Waals surface area contributed by atoms with Gasteiger partial charge in [0.2, 0.25) is 0 Å². The summed E-state index contributed by atoms with van der Waals surface area (Å²) in [7, 11) is 0. The van der Waals surface area contributed by atoms with Gasteiger partial charge < -0.3 is 5.32 Å². The van der Waals surface area contributed by atoms with Crippen LogP contribution in [-0.2, 0) is 0 Å². The van der Waals surface area contributed by atoms with E-state index in [0.29, 0.717) is 6.04 Å². The molecule has 1 heterocycles. The smallest absolute Gasteiger partial charge is 0.0578 e. The highest BCUT2D eigenvalue weighted by atomic mass is 79.9. The van der Waals surface area contributed by atoms with Crippen molar-refractivity contribution < 1.29 is 0 Å². The molecule has 0 spiro atoms. The van der Waals surface area contributed by atoms with E-state index in [1.165, 1.54) is 16.1 Å². The molecule has 1 nitrogen and oxygen atoms in total. The number of halogens is 1. The largest absolute Gasteiger partial charge is 0.377 e. The molecule has 0 aliphatic carbocycles. The molecule has 84 valence electrons. The van der Waals surface area contributed by atoms with Crippen LogP contribution < -0.4 is 5.32 Å². The van der Waals surface area contributed by atoms with E-state index in [2.05, 4.69) is 70.8 Å². The quantitative estimate of drug-likeness (QED) is 0.841. The van der Waals surface area contributed by atoms with Crippen LogP contribution in [0.5, 0.6) is 0 Å². The number of hydrogen-bond acceptors (Lipinski definition) is 2. The lowest BCUT2D eigenvalue weighted by Gasteiger charge is -2.15. The van der Waals surface area contributed by atoms with E-state index in [4.69, 9.17) is 0 Å². The zero-order valence-corrected chi connectivity index (χ0v) is 11.7. The van der Waals surface area contributed by atoms with Crippen molar-refractivity contribution in [3.05, 3.63) is 50.6 Å². The van der Waals surface area contributed by atoms with Gasteiger partial charge in [-0.25, -0.2) is 0 Å². The fraction of sp³-hybridized carbons (Fsp3) is 0.231. The lowest BCUT2D eigenvalue weighted by Crippen LogP contribution is -2.05. The van der Waals surface area contributed by atoms with Gasteiger partial charge in [0.15, 0.2) is 0 Å². The topological polar surface area (TPSA) is 12.0 Å². The molecule has 3 heteroatoms. The zero-order valence-electron chi connectivity index (χ0n) is 9.33. The number of thiophene rings is 1. The first-order chi connectivity index (χ1) is 7.66. The van der Waals surface area contributed by atoms with Crippen molar-refractivity contribution >= 4 is 33.0 Å². The number of anilines is 1. The minimum Gasteiger partial charge on any atom is -0.377 e. The van der Waals surface area contributed by atoms with Gasteiger partial charge in [-0.1, -0.05) is 22.0 Å². The Kier molecular flexibility index (Phi) is 3.66. The van der Waals surface area contributed by atoms with E-state index in [1.54, 1.807) is 11.3 Å². The highest BCUT2D eigenvalue weighted by molar-refractivity contribution is 9.10. The number of rotatable bonds is 3. The molecule has 0 saturated carbocycles. The SMILES string of the molecule is Cc1cc(Br)ccc1NC(C)c1cccs1. The maximum Gasteiger partial charge on any atom is 0.0578 e. The van der Waals surface area contributed by atoms with Crippen molar-refractivity contribution in [1.82, 2.24) is 0 Å². The molecule has 0 radical (unpaired) electrons. The van der Waals surface area contributed by atoms with Crippen LogP contribution in [0.1, 0.15) is 23.4 Å². The van der Waals surface area contributed by atoms with Crippen molar-refractivity contribution in [1.29, 1.82) is 0 Å². The second-order valence-electron chi connectivity index (χ2n) is 3.84. The van der Waals surface area contributed by atoms with Gasteiger partial charge in [0.25, 0.3) is 0 Å². The first kappa shape index (κ1) is 11.7. The molecule has 16 heavy (non-hydrogen) atoms. The summed E-state index contributed by atoms with van der Waals surface area (Å²) in [6.45, 7) is 4.31. The summed E-state index contributed by atoms with van der Waals surface area (Å²) in [5.74, 6) is 0. The van der Waals surface area contributed by atoms with E-state index in [0.717, 1.165) is 4.47 Å². The second-order valence-corrected chi connectivity index (χ2v) is 5.74. The third-order valence-corrected chi connectivity index (χ3v) is 4.08. The average molecular weight is 296 g/mol. The number of aryl methyl sites for hydroxylation is 1. The maximum absolute atomic E-state index is 3.53. The minimum atomic E-state index is 0.361. The highest BCUT2D eigenvalue weighted by Crippen LogP contribution is 2.26. The van der Waals surface area contributed by atoms with E-state index in [-0.39, 0.29) is 0 Å². The van der Waals surface area contributed by atoms with Crippen molar-refractivity contribution in [2.45, 2.75) is 19.9 Å². The van der Waals surface area contributed by atoms with Crippen LogP contribution in [0, 0.1) is 6.92 Å².